The first-order valence-corrected chi connectivity index (χ1v) is 6.88. The van der Waals surface area contributed by atoms with E-state index in [0.29, 0.717) is 0 Å². The summed E-state index contributed by atoms with van der Waals surface area (Å²) < 4.78 is 10.6. The maximum Gasteiger partial charge on any atom is 0.121 e. The van der Waals surface area contributed by atoms with Crippen LogP contribution >= 0.6 is 0 Å². The minimum Gasteiger partial charge on any atom is -0.496 e. The van der Waals surface area contributed by atoms with Crippen LogP contribution in [0.3, 0.4) is 0 Å². The van der Waals surface area contributed by atoms with Gasteiger partial charge < -0.3 is 9.47 Å². The van der Waals surface area contributed by atoms with Crippen LogP contribution in [0.25, 0.3) is 0 Å². The van der Waals surface area contributed by atoms with Crippen LogP contribution in [0.15, 0.2) is 18.2 Å². The van der Waals surface area contributed by atoms with Crippen LogP contribution in [-0.2, 0) is 4.74 Å². The lowest BCUT2D eigenvalue weighted by molar-refractivity contribution is 0.127. The molecule has 0 atom stereocenters. The van der Waals surface area contributed by atoms with Crippen molar-refractivity contribution in [2.75, 3.05) is 20.8 Å². The largest absolute Gasteiger partial charge is 0.496 e. The normalized spacial score (nSPS) is 23.9. The highest BCUT2D eigenvalue weighted by Crippen LogP contribution is 2.37. The van der Waals surface area contributed by atoms with E-state index in [0.717, 1.165) is 24.2 Å². The molecule has 0 saturated heterocycles. The fourth-order valence-electron chi connectivity index (χ4n) is 3.05. The van der Waals surface area contributed by atoms with E-state index in [1.165, 1.54) is 36.8 Å². The van der Waals surface area contributed by atoms with Crippen LogP contribution in [-0.4, -0.2) is 20.8 Å². The molecule has 2 rings (SSSR count). The zero-order chi connectivity index (χ0) is 13.0. The lowest BCUT2D eigenvalue weighted by atomic mass is 9.79. The first kappa shape index (κ1) is 13.4. The molecule has 0 amide bonds. The summed E-state index contributed by atoms with van der Waals surface area (Å²) in [6, 6.07) is 6.62. The smallest absolute Gasteiger partial charge is 0.121 e. The van der Waals surface area contributed by atoms with Crippen molar-refractivity contribution in [3.05, 3.63) is 29.3 Å². The van der Waals surface area contributed by atoms with Crippen LogP contribution in [0.4, 0.5) is 0 Å². The second-order valence-electron chi connectivity index (χ2n) is 5.40. The quantitative estimate of drug-likeness (QED) is 0.804. The molecule has 100 valence electrons. The van der Waals surface area contributed by atoms with Crippen LogP contribution in [0.2, 0.25) is 0 Å². The molecule has 2 nitrogen and oxygen atoms in total. The molecule has 0 heterocycles. The highest BCUT2D eigenvalue weighted by Gasteiger charge is 2.22. The van der Waals surface area contributed by atoms with E-state index in [9.17, 15) is 0 Å². The van der Waals surface area contributed by atoms with Crippen molar-refractivity contribution in [1.29, 1.82) is 0 Å². The average Bonchev–Trinajstić information content (AvgIpc) is 2.40. The van der Waals surface area contributed by atoms with E-state index in [1.807, 2.05) is 0 Å². The molecule has 0 unspecified atom stereocenters. The molecular weight excluding hydrogens is 224 g/mol. The third-order valence-corrected chi connectivity index (χ3v) is 4.14. The van der Waals surface area contributed by atoms with Crippen molar-refractivity contribution in [2.45, 2.75) is 38.5 Å². The Kier molecular flexibility index (Phi) is 4.65. The number of methoxy groups -OCH3 is 2. The summed E-state index contributed by atoms with van der Waals surface area (Å²) in [7, 11) is 3.54. The molecule has 1 aliphatic rings. The molecule has 0 spiro atoms. The molecule has 18 heavy (non-hydrogen) atoms. The van der Waals surface area contributed by atoms with E-state index in [1.54, 1.807) is 14.2 Å². The topological polar surface area (TPSA) is 18.5 Å². The zero-order valence-electron chi connectivity index (χ0n) is 11.7. The third-order valence-electron chi connectivity index (χ3n) is 4.14. The van der Waals surface area contributed by atoms with Crippen molar-refractivity contribution in [3.8, 4) is 5.75 Å². The van der Waals surface area contributed by atoms with Gasteiger partial charge >= 0.3 is 0 Å². The van der Waals surface area contributed by atoms with E-state index < -0.39 is 0 Å². The van der Waals surface area contributed by atoms with Gasteiger partial charge in [-0.25, -0.2) is 0 Å². The number of rotatable bonds is 4. The molecule has 1 fully saturated rings. The van der Waals surface area contributed by atoms with Gasteiger partial charge in [0.25, 0.3) is 0 Å². The number of benzene rings is 1. The summed E-state index contributed by atoms with van der Waals surface area (Å²) in [6.45, 7) is 3.05. The summed E-state index contributed by atoms with van der Waals surface area (Å²) in [6.07, 6.45) is 5.17. The molecule has 1 aliphatic carbocycles. The van der Waals surface area contributed by atoms with E-state index in [-0.39, 0.29) is 0 Å². The lowest BCUT2D eigenvalue weighted by Crippen LogP contribution is -2.17. The van der Waals surface area contributed by atoms with Crippen molar-refractivity contribution < 1.29 is 9.47 Å². The number of ether oxygens (including phenoxy) is 2. The van der Waals surface area contributed by atoms with Crippen LogP contribution < -0.4 is 4.74 Å². The van der Waals surface area contributed by atoms with Gasteiger partial charge in [-0.3, -0.25) is 0 Å². The molecular formula is C16H24O2. The maximum atomic E-state index is 5.32. The number of hydrogen-bond donors (Lipinski definition) is 0. The highest BCUT2D eigenvalue weighted by molar-refractivity contribution is 5.37. The van der Waals surface area contributed by atoms with E-state index >= 15 is 0 Å². The molecule has 1 aromatic rings. The molecule has 0 aromatic heterocycles. The second-order valence-corrected chi connectivity index (χ2v) is 5.40. The van der Waals surface area contributed by atoms with Crippen LogP contribution in [0.5, 0.6) is 5.75 Å². The Hall–Kier alpha value is -1.02. The zero-order valence-corrected chi connectivity index (χ0v) is 11.7. The average molecular weight is 248 g/mol. The molecule has 0 N–H and O–H groups in total. The van der Waals surface area contributed by atoms with Gasteiger partial charge in [-0.05, 0) is 61.6 Å². The Balaban J connectivity index is 1.99. The summed E-state index contributed by atoms with van der Waals surface area (Å²) >= 11 is 0. The number of hydrogen-bond acceptors (Lipinski definition) is 2. The maximum absolute atomic E-state index is 5.32. The van der Waals surface area contributed by atoms with Crippen LogP contribution in [0.1, 0.15) is 42.7 Å². The summed E-state index contributed by atoms with van der Waals surface area (Å²) in [5.74, 6) is 2.49. The van der Waals surface area contributed by atoms with Gasteiger partial charge in [0, 0.05) is 13.7 Å². The number of aryl methyl sites for hydroxylation is 1. The Morgan fingerprint density at radius 2 is 1.83 bits per heavy atom. The highest BCUT2D eigenvalue weighted by atomic mass is 16.5. The van der Waals surface area contributed by atoms with Gasteiger partial charge in [0.05, 0.1) is 7.11 Å². The molecule has 0 aliphatic heterocycles. The van der Waals surface area contributed by atoms with E-state index in [4.69, 9.17) is 9.47 Å². The van der Waals surface area contributed by atoms with Gasteiger partial charge in [0.2, 0.25) is 0 Å². The molecule has 0 radical (unpaired) electrons. The van der Waals surface area contributed by atoms with Gasteiger partial charge in [0.15, 0.2) is 0 Å². The molecule has 1 saturated carbocycles. The lowest BCUT2D eigenvalue weighted by Gasteiger charge is -2.28. The fourth-order valence-corrected chi connectivity index (χ4v) is 3.05. The van der Waals surface area contributed by atoms with Gasteiger partial charge in [-0.2, -0.15) is 0 Å². The van der Waals surface area contributed by atoms with Gasteiger partial charge in [-0.15, -0.1) is 0 Å². The third kappa shape index (κ3) is 3.05. The monoisotopic (exact) mass is 248 g/mol. The molecule has 1 aromatic carbocycles. The first-order valence-electron chi connectivity index (χ1n) is 6.88. The Bertz CT molecular complexity index is 379. The minimum atomic E-state index is 0.725. The summed E-state index contributed by atoms with van der Waals surface area (Å²) in [5.41, 5.74) is 2.72. The van der Waals surface area contributed by atoms with Crippen molar-refractivity contribution in [3.63, 3.8) is 0 Å². The first-order chi connectivity index (χ1) is 8.74. The predicted molar refractivity (Wildman–Crippen MR) is 74.3 cm³/mol. The summed E-state index contributed by atoms with van der Waals surface area (Å²) in [5, 5.41) is 0. The minimum absolute atomic E-state index is 0.725. The van der Waals surface area contributed by atoms with Crippen LogP contribution in [0, 0.1) is 12.8 Å². The molecule has 0 bridgehead atoms. The van der Waals surface area contributed by atoms with E-state index in [2.05, 4.69) is 25.1 Å². The van der Waals surface area contributed by atoms with Crippen molar-refractivity contribution >= 4 is 0 Å². The van der Waals surface area contributed by atoms with Crippen molar-refractivity contribution in [1.82, 2.24) is 0 Å². The Morgan fingerprint density at radius 1 is 1.11 bits per heavy atom. The Labute approximate surface area is 110 Å². The second kappa shape index (κ2) is 6.24. The van der Waals surface area contributed by atoms with Gasteiger partial charge in [0.1, 0.15) is 5.75 Å². The van der Waals surface area contributed by atoms with Gasteiger partial charge in [-0.1, -0.05) is 12.1 Å². The molecule has 2 heteroatoms. The van der Waals surface area contributed by atoms with Crippen molar-refractivity contribution in [2.24, 2.45) is 5.92 Å². The predicted octanol–water partition coefficient (Wildman–Crippen LogP) is 3.92. The standard InChI is InChI=1S/C16H24O2/c1-12-10-15(8-9-16(12)18-3)14-6-4-13(5-7-14)11-17-2/h8-10,13-14H,4-7,11H2,1-3H3/t13-,14-. The SMILES string of the molecule is COC[C@H]1CC[C@H](c2ccc(OC)c(C)c2)CC1. The fraction of sp³-hybridized carbons (Fsp3) is 0.625. The summed E-state index contributed by atoms with van der Waals surface area (Å²) in [4.78, 5) is 0. The Morgan fingerprint density at radius 3 is 2.39 bits per heavy atom.